The first-order chi connectivity index (χ1) is 9.87. The van der Waals surface area contributed by atoms with E-state index in [1.165, 1.54) is 0 Å². The minimum atomic E-state index is -3.35. The maximum atomic E-state index is 13.0. The number of nitrogens with one attached hydrogen (secondary N) is 1. The van der Waals surface area contributed by atoms with Gasteiger partial charge in [0, 0.05) is 12.6 Å². The van der Waals surface area contributed by atoms with Crippen molar-refractivity contribution >= 4 is 5.97 Å². The molecule has 0 bridgehead atoms. The van der Waals surface area contributed by atoms with Crippen molar-refractivity contribution in [2.75, 3.05) is 13.2 Å². The van der Waals surface area contributed by atoms with Crippen molar-refractivity contribution in [3.63, 3.8) is 0 Å². The van der Waals surface area contributed by atoms with Crippen LogP contribution < -0.4 is 10.1 Å². The Balaban J connectivity index is 1.69. The zero-order chi connectivity index (χ0) is 15.5. The molecule has 0 aromatic heterocycles. The molecule has 2 atom stereocenters. The van der Waals surface area contributed by atoms with E-state index in [1.54, 1.807) is 0 Å². The number of hydrogen-bond acceptors (Lipinski definition) is 4. The van der Waals surface area contributed by atoms with E-state index in [0.29, 0.717) is 6.61 Å². The number of carbonyl (C=O) groups is 1. The summed E-state index contributed by atoms with van der Waals surface area (Å²) in [6.45, 7) is 4.47. The molecule has 2 unspecified atom stereocenters. The van der Waals surface area contributed by atoms with Crippen molar-refractivity contribution in [3.05, 3.63) is 29.8 Å². The monoisotopic (exact) mass is 299 g/mol. The van der Waals surface area contributed by atoms with Crippen LogP contribution in [0.4, 0.5) is 8.78 Å². The highest BCUT2D eigenvalue weighted by molar-refractivity contribution is 5.79. The molecule has 1 N–H and O–H groups in total. The van der Waals surface area contributed by atoms with Gasteiger partial charge in [-0.05, 0) is 26.0 Å². The van der Waals surface area contributed by atoms with Crippen molar-refractivity contribution in [1.82, 2.24) is 5.32 Å². The number of cyclic esters (lactones) is 1. The van der Waals surface area contributed by atoms with Crippen LogP contribution in [0.3, 0.4) is 0 Å². The van der Waals surface area contributed by atoms with Gasteiger partial charge in [-0.25, -0.2) is 4.79 Å². The summed E-state index contributed by atoms with van der Waals surface area (Å²) >= 11 is 0. The Morgan fingerprint density at radius 1 is 1.43 bits per heavy atom. The van der Waals surface area contributed by atoms with Gasteiger partial charge in [-0.15, -0.1) is 0 Å². The first-order valence-corrected chi connectivity index (χ1v) is 6.88. The van der Waals surface area contributed by atoms with Gasteiger partial charge in [-0.1, -0.05) is 17.7 Å². The standard InChI is InChI=1S/C15H19F2NO3/c1-10-3-5-12(6-4-10)20-9-11(2)18-8-13-7-15(16,17)14(19)21-13/h3-6,11,13,18H,7-9H2,1-2H3. The van der Waals surface area contributed by atoms with Crippen molar-refractivity contribution in [1.29, 1.82) is 0 Å². The highest BCUT2D eigenvalue weighted by atomic mass is 19.3. The zero-order valence-corrected chi connectivity index (χ0v) is 12.1. The molecular weight excluding hydrogens is 280 g/mol. The van der Waals surface area contributed by atoms with Crippen LogP contribution in [0.15, 0.2) is 24.3 Å². The summed E-state index contributed by atoms with van der Waals surface area (Å²) in [6, 6.07) is 7.61. The predicted molar refractivity (Wildman–Crippen MR) is 73.6 cm³/mol. The second-order valence-corrected chi connectivity index (χ2v) is 5.37. The van der Waals surface area contributed by atoms with E-state index < -0.39 is 24.4 Å². The molecule has 0 amide bonds. The lowest BCUT2D eigenvalue weighted by Crippen LogP contribution is -2.37. The molecule has 0 saturated carbocycles. The second-order valence-electron chi connectivity index (χ2n) is 5.37. The molecule has 0 radical (unpaired) electrons. The molecule has 6 heteroatoms. The first kappa shape index (κ1) is 15.7. The molecular formula is C15H19F2NO3. The quantitative estimate of drug-likeness (QED) is 0.819. The lowest BCUT2D eigenvalue weighted by Gasteiger charge is -2.17. The Morgan fingerprint density at radius 2 is 2.10 bits per heavy atom. The summed E-state index contributed by atoms with van der Waals surface area (Å²) in [5.74, 6) is -4.03. The topological polar surface area (TPSA) is 47.6 Å². The maximum absolute atomic E-state index is 13.0. The molecule has 2 rings (SSSR count). The Labute approximate surface area is 122 Å². The maximum Gasteiger partial charge on any atom is 0.377 e. The fraction of sp³-hybridized carbons (Fsp3) is 0.533. The van der Waals surface area contributed by atoms with Crippen molar-refractivity contribution in [2.24, 2.45) is 0 Å². The van der Waals surface area contributed by atoms with Crippen LogP contribution in [0.1, 0.15) is 18.9 Å². The fourth-order valence-electron chi connectivity index (χ4n) is 2.01. The largest absolute Gasteiger partial charge is 0.492 e. The van der Waals surface area contributed by atoms with Gasteiger partial charge < -0.3 is 14.8 Å². The molecule has 1 aromatic carbocycles. The summed E-state index contributed by atoms with van der Waals surface area (Å²) in [7, 11) is 0. The van der Waals surface area contributed by atoms with E-state index in [1.807, 2.05) is 38.1 Å². The van der Waals surface area contributed by atoms with Gasteiger partial charge in [0.2, 0.25) is 0 Å². The summed E-state index contributed by atoms with van der Waals surface area (Å²) in [6.07, 6.45) is -1.35. The van der Waals surface area contributed by atoms with Crippen LogP contribution in [-0.4, -0.2) is 37.2 Å². The number of aryl methyl sites for hydroxylation is 1. The van der Waals surface area contributed by atoms with Gasteiger partial charge in [0.05, 0.1) is 6.42 Å². The number of rotatable bonds is 6. The number of halogens is 2. The Kier molecular flexibility index (Phi) is 4.77. The van der Waals surface area contributed by atoms with Gasteiger partial charge in [-0.3, -0.25) is 0 Å². The molecule has 21 heavy (non-hydrogen) atoms. The first-order valence-electron chi connectivity index (χ1n) is 6.88. The average Bonchev–Trinajstić information content (AvgIpc) is 2.69. The highest BCUT2D eigenvalue weighted by Gasteiger charge is 2.50. The van der Waals surface area contributed by atoms with Gasteiger partial charge in [0.15, 0.2) is 0 Å². The number of hydrogen-bond donors (Lipinski definition) is 1. The lowest BCUT2D eigenvalue weighted by molar-refractivity contribution is -0.159. The molecule has 1 saturated heterocycles. The van der Waals surface area contributed by atoms with Gasteiger partial charge in [0.25, 0.3) is 0 Å². The number of ether oxygens (including phenoxy) is 2. The summed E-state index contributed by atoms with van der Waals surface area (Å²) in [4.78, 5) is 10.9. The van der Waals surface area contributed by atoms with Crippen LogP contribution in [0.2, 0.25) is 0 Å². The van der Waals surface area contributed by atoms with Crippen molar-refractivity contribution in [2.45, 2.75) is 38.3 Å². The van der Waals surface area contributed by atoms with Crippen molar-refractivity contribution in [3.8, 4) is 5.75 Å². The van der Waals surface area contributed by atoms with E-state index in [-0.39, 0.29) is 12.6 Å². The smallest absolute Gasteiger partial charge is 0.377 e. The third-order valence-corrected chi connectivity index (χ3v) is 3.27. The SMILES string of the molecule is Cc1ccc(OCC(C)NCC2CC(F)(F)C(=O)O2)cc1. The lowest BCUT2D eigenvalue weighted by atomic mass is 10.2. The Bertz CT molecular complexity index is 490. The average molecular weight is 299 g/mol. The fourth-order valence-corrected chi connectivity index (χ4v) is 2.01. The van der Waals surface area contributed by atoms with Crippen LogP contribution in [0.25, 0.3) is 0 Å². The van der Waals surface area contributed by atoms with E-state index in [4.69, 9.17) is 4.74 Å². The number of carbonyl (C=O) groups excluding carboxylic acids is 1. The van der Waals surface area contributed by atoms with E-state index in [2.05, 4.69) is 10.1 Å². The molecule has 0 spiro atoms. The Morgan fingerprint density at radius 3 is 2.67 bits per heavy atom. The van der Waals surface area contributed by atoms with E-state index >= 15 is 0 Å². The normalized spacial score (nSPS) is 21.9. The molecule has 1 aliphatic rings. The molecule has 1 heterocycles. The van der Waals surface area contributed by atoms with Gasteiger partial charge in [0.1, 0.15) is 18.5 Å². The minimum Gasteiger partial charge on any atom is -0.492 e. The summed E-state index contributed by atoms with van der Waals surface area (Å²) in [5.41, 5.74) is 1.15. The van der Waals surface area contributed by atoms with Crippen LogP contribution in [0.5, 0.6) is 5.75 Å². The van der Waals surface area contributed by atoms with Gasteiger partial charge >= 0.3 is 11.9 Å². The Hall–Kier alpha value is -1.69. The molecule has 0 aliphatic carbocycles. The second kappa shape index (κ2) is 6.39. The zero-order valence-electron chi connectivity index (χ0n) is 12.1. The molecule has 4 nitrogen and oxygen atoms in total. The van der Waals surface area contributed by atoms with Crippen molar-refractivity contribution < 1.29 is 23.0 Å². The van der Waals surface area contributed by atoms with E-state index in [0.717, 1.165) is 11.3 Å². The van der Waals surface area contributed by atoms with E-state index in [9.17, 15) is 13.6 Å². The number of alkyl halides is 2. The number of esters is 1. The van der Waals surface area contributed by atoms with Crippen LogP contribution in [0, 0.1) is 6.92 Å². The molecule has 116 valence electrons. The summed E-state index contributed by atoms with van der Waals surface area (Å²) in [5, 5.41) is 3.03. The highest BCUT2D eigenvalue weighted by Crippen LogP contribution is 2.30. The molecule has 1 aliphatic heterocycles. The molecule has 1 fully saturated rings. The third kappa shape index (κ3) is 4.39. The number of benzene rings is 1. The van der Waals surface area contributed by atoms with Gasteiger partial charge in [-0.2, -0.15) is 8.78 Å². The summed E-state index contributed by atoms with van der Waals surface area (Å²) < 4.78 is 36.2. The molecule has 1 aromatic rings. The predicted octanol–water partition coefficient (Wildman–Crippen LogP) is 2.30. The van der Waals surface area contributed by atoms with Crippen LogP contribution >= 0.6 is 0 Å². The minimum absolute atomic E-state index is 0.0424. The van der Waals surface area contributed by atoms with Crippen LogP contribution in [-0.2, 0) is 9.53 Å². The third-order valence-electron chi connectivity index (χ3n) is 3.27.